The van der Waals surface area contributed by atoms with Crippen molar-refractivity contribution in [2.45, 2.75) is 19.8 Å². The highest BCUT2D eigenvalue weighted by atomic mass is 35.5. The first-order valence-electron chi connectivity index (χ1n) is 8.37. The van der Waals surface area contributed by atoms with E-state index < -0.39 is 5.91 Å². The highest BCUT2D eigenvalue weighted by Crippen LogP contribution is 2.21. The Morgan fingerprint density at radius 2 is 1.92 bits per heavy atom. The summed E-state index contributed by atoms with van der Waals surface area (Å²) < 4.78 is 0. The van der Waals surface area contributed by atoms with Crippen LogP contribution in [0.5, 0.6) is 0 Å². The summed E-state index contributed by atoms with van der Waals surface area (Å²) in [4.78, 5) is 31.1. The summed E-state index contributed by atoms with van der Waals surface area (Å²) >= 11 is 6.06. The van der Waals surface area contributed by atoms with Crippen molar-refractivity contribution in [3.63, 3.8) is 0 Å². The molecule has 1 unspecified atom stereocenters. The van der Waals surface area contributed by atoms with E-state index in [1.54, 1.807) is 42.5 Å². The number of pyridine rings is 1. The van der Waals surface area contributed by atoms with E-state index in [9.17, 15) is 9.59 Å². The van der Waals surface area contributed by atoms with Crippen LogP contribution in [0.25, 0.3) is 0 Å². The molecule has 1 atom stereocenters. The molecule has 1 N–H and O–H groups in total. The summed E-state index contributed by atoms with van der Waals surface area (Å²) in [5.74, 6) is -0.0295. The van der Waals surface area contributed by atoms with Crippen molar-refractivity contribution in [2.75, 3.05) is 18.4 Å². The van der Waals surface area contributed by atoms with Gasteiger partial charge in [0, 0.05) is 13.1 Å². The maximum atomic E-state index is 12.6. The Hall–Kier alpha value is -2.40. The number of para-hydroxylation sites is 1. The maximum absolute atomic E-state index is 12.6. The number of likely N-dealkylation sites (tertiary alicyclic amines) is 1. The molecule has 1 aromatic carbocycles. The van der Waals surface area contributed by atoms with Crippen LogP contribution >= 0.6 is 11.6 Å². The Bertz CT molecular complexity index is 794. The number of hydrogen-bond acceptors (Lipinski definition) is 3. The zero-order valence-corrected chi connectivity index (χ0v) is 14.8. The van der Waals surface area contributed by atoms with Gasteiger partial charge in [-0.15, -0.1) is 0 Å². The first-order chi connectivity index (χ1) is 12.0. The molecule has 2 heterocycles. The number of amides is 2. The fourth-order valence-electron chi connectivity index (χ4n) is 2.97. The highest BCUT2D eigenvalue weighted by Gasteiger charge is 2.23. The van der Waals surface area contributed by atoms with E-state index in [1.165, 1.54) is 0 Å². The van der Waals surface area contributed by atoms with Gasteiger partial charge < -0.3 is 10.2 Å². The topological polar surface area (TPSA) is 62.3 Å². The molecule has 2 amide bonds. The maximum Gasteiger partial charge on any atom is 0.274 e. The van der Waals surface area contributed by atoms with Crippen molar-refractivity contribution in [3.05, 3.63) is 58.9 Å². The van der Waals surface area contributed by atoms with Crippen LogP contribution in [-0.2, 0) is 0 Å². The van der Waals surface area contributed by atoms with Crippen molar-refractivity contribution in [2.24, 2.45) is 5.92 Å². The molecule has 5 nitrogen and oxygen atoms in total. The zero-order valence-electron chi connectivity index (χ0n) is 14.0. The van der Waals surface area contributed by atoms with Crippen LogP contribution in [0, 0.1) is 5.92 Å². The normalized spacial score (nSPS) is 17.2. The fourth-order valence-corrected chi connectivity index (χ4v) is 3.15. The highest BCUT2D eigenvalue weighted by molar-refractivity contribution is 6.33. The van der Waals surface area contributed by atoms with E-state index in [0.717, 1.165) is 25.9 Å². The number of aromatic nitrogens is 1. The van der Waals surface area contributed by atoms with Gasteiger partial charge in [-0.1, -0.05) is 36.7 Å². The Balaban J connectivity index is 1.75. The molecule has 6 heteroatoms. The number of hydrogen-bond donors (Lipinski definition) is 1. The average Bonchev–Trinajstić information content (AvgIpc) is 2.63. The minimum atomic E-state index is -0.394. The first-order valence-corrected chi connectivity index (χ1v) is 8.74. The summed E-state index contributed by atoms with van der Waals surface area (Å²) in [7, 11) is 0. The number of carbonyl (C=O) groups excluding carboxylic acids is 2. The third kappa shape index (κ3) is 4.17. The summed E-state index contributed by atoms with van der Waals surface area (Å²) in [6, 6.07) is 11.9. The molecule has 0 bridgehead atoms. The van der Waals surface area contributed by atoms with E-state index in [0.29, 0.717) is 22.3 Å². The Morgan fingerprint density at radius 1 is 1.16 bits per heavy atom. The van der Waals surface area contributed by atoms with Crippen molar-refractivity contribution < 1.29 is 9.59 Å². The van der Waals surface area contributed by atoms with Crippen LogP contribution in [0.3, 0.4) is 0 Å². The molecule has 1 aliphatic rings. The molecular formula is C19H20ClN3O2. The molecule has 1 fully saturated rings. The standard InChI is InChI=1S/C19H20ClN3O2/c1-13-6-5-11-23(12-13)19(25)17-10-4-9-16(21-17)18(24)22-15-8-3-2-7-14(15)20/h2-4,7-10,13H,5-6,11-12H2,1H3,(H,22,24). The summed E-state index contributed by atoms with van der Waals surface area (Å²) in [6.45, 7) is 3.61. The second-order valence-corrected chi connectivity index (χ2v) is 6.75. The quantitative estimate of drug-likeness (QED) is 0.907. The lowest BCUT2D eigenvalue weighted by Crippen LogP contribution is -2.39. The van der Waals surface area contributed by atoms with E-state index in [2.05, 4.69) is 17.2 Å². The van der Waals surface area contributed by atoms with E-state index in [1.807, 2.05) is 4.90 Å². The fraction of sp³-hybridized carbons (Fsp3) is 0.316. The molecule has 3 rings (SSSR count). The largest absolute Gasteiger partial charge is 0.337 e. The van der Waals surface area contributed by atoms with Gasteiger partial charge in [0.1, 0.15) is 11.4 Å². The van der Waals surface area contributed by atoms with Gasteiger partial charge in [0.05, 0.1) is 10.7 Å². The number of benzene rings is 1. The number of carbonyl (C=O) groups is 2. The predicted octanol–water partition coefficient (Wildman–Crippen LogP) is 3.86. The lowest BCUT2D eigenvalue weighted by molar-refractivity contribution is 0.0677. The van der Waals surface area contributed by atoms with E-state index in [4.69, 9.17) is 11.6 Å². The number of halogens is 1. The molecule has 1 saturated heterocycles. The lowest BCUT2D eigenvalue weighted by atomic mass is 10.00. The van der Waals surface area contributed by atoms with E-state index in [-0.39, 0.29) is 11.6 Å². The molecule has 0 aliphatic carbocycles. The minimum absolute atomic E-state index is 0.126. The van der Waals surface area contributed by atoms with Crippen LogP contribution in [-0.4, -0.2) is 34.8 Å². The Morgan fingerprint density at radius 3 is 2.68 bits per heavy atom. The molecule has 0 radical (unpaired) electrons. The van der Waals surface area contributed by atoms with Gasteiger partial charge in [-0.25, -0.2) is 4.98 Å². The van der Waals surface area contributed by atoms with Crippen LogP contribution in [0.2, 0.25) is 5.02 Å². The SMILES string of the molecule is CC1CCCN(C(=O)c2cccc(C(=O)Nc3ccccc3Cl)n2)C1. The Labute approximate surface area is 152 Å². The molecular weight excluding hydrogens is 338 g/mol. The summed E-state index contributed by atoms with van der Waals surface area (Å²) in [5, 5.41) is 3.17. The second kappa shape index (κ2) is 7.66. The first kappa shape index (κ1) is 17.4. The summed E-state index contributed by atoms with van der Waals surface area (Å²) in [6.07, 6.45) is 2.14. The number of nitrogens with zero attached hydrogens (tertiary/aromatic N) is 2. The van der Waals surface area contributed by atoms with Gasteiger partial charge in [0.2, 0.25) is 0 Å². The van der Waals surface area contributed by atoms with Gasteiger partial charge in [-0.05, 0) is 43.0 Å². The molecule has 2 aromatic rings. The van der Waals surface area contributed by atoms with Crippen LogP contribution in [0.4, 0.5) is 5.69 Å². The average molecular weight is 358 g/mol. The zero-order chi connectivity index (χ0) is 17.8. The summed E-state index contributed by atoms with van der Waals surface area (Å²) in [5.41, 5.74) is 0.995. The molecule has 25 heavy (non-hydrogen) atoms. The van der Waals surface area contributed by atoms with Crippen LogP contribution < -0.4 is 5.32 Å². The molecule has 1 aliphatic heterocycles. The van der Waals surface area contributed by atoms with E-state index >= 15 is 0 Å². The van der Waals surface area contributed by atoms with Crippen molar-refractivity contribution >= 4 is 29.1 Å². The van der Waals surface area contributed by atoms with Crippen molar-refractivity contribution in [1.29, 1.82) is 0 Å². The van der Waals surface area contributed by atoms with Crippen molar-refractivity contribution in [3.8, 4) is 0 Å². The number of piperidine rings is 1. The Kier molecular flexibility index (Phi) is 5.34. The predicted molar refractivity (Wildman–Crippen MR) is 97.9 cm³/mol. The lowest BCUT2D eigenvalue weighted by Gasteiger charge is -2.30. The van der Waals surface area contributed by atoms with Crippen LogP contribution in [0.1, 0.15) is 40.7 Å². The van der Waals surface area contributed by atoms with Gasteiger partial charge in [0.15, 0.2) is 0 Å². The number of rotatable bonds is 3. The number of nitrogens with one attached hydrogen (secondary N) is 1. The van der Waals surface area contributed by atoms with Gasteiger partial charge in [-0.3, -0.25) is 9.59 Å². The number of anilines is 1. The van der Waals surface area contributed by atoms with Gasteiger partial charge in [0.25, 0.3) is 11.8 Å². The minimum Gasteiger partial charge on any atom is -0.337 e. The van der Waals surface area contributed by atoms with Crippen molar-refractivity contribution in [1.82, 2.24) is 9.88 Å². The molecule has 0 spiro atoms. The third-order valence-corrected chi connectivity index (χ3v) is 4.60. The molecule has 0 saturated carbocycles. The van der Waals surface area contributed by atoms with Gasteiger partial charge >= 0.3 is 0 Å². The third-order valence-electron chi connectivity index (χ3n) is 4.27. The smallest absolute Gasteiger partial charge is 0.274 e. The van der Waals surface area contributed by atoms with Gasteiger partial charge in [-0.2, -0.15) is 0 Å². The monoisotopic (exact) mass is 357 g/mol. The van der Waals surface area contributed by atoms with Crippen LogP contribution in [0.15, 0.2) is 42.5 Å². The second-order valence-electron chi connectivity index (χ2n) is 6.34. The molecule has 130 valence electrons. The molecule has 1 aromatic heterocycles.